The van der Waals surface area contributed by atoms with Gasteiger partial charge in [0.1, 0.15) is 5.82 Å². The molecule has 0 aliphatic rings. The van der Waals surface area contributed by atoms with Crippen molar-refractivity contribution in [3.8, 4) is 0 Å². The predicted octanol–water partition coefficient (Wildman–Crippen LogP) is 3.07. The minimum atomic E-state index is -0.243. The molecule has 1 amide bonds. The summed E-state index contributed by atoms with van der Waals surface area (Å²) in [6.45, 7) is 12.7. The van der Waals surface area contributed by atoms with Crippen LogP contribution in [0.3, 0.4) is 0 Å². The van der Waals surface area contributed by atoms with E-state index >= 15 is 0 Å². The summed E-state index contributed by atoms with van der Waals surface area (Å²) in [5.41, 5.74) is 1.85. The zero-order chi connectivity index (χ0) is 15.8. The number of likely N-dealkylation sites (N-methyl/N-ethyl adjacent to an activating group) is 2. The van der Waals surface area contributed by atoms with E-state index in [1.54, 1.807) is 11.0 Å². The van der Waals surface area contributed by atoms with Gasteiger partial charge < -0.3 is 4.90 Å². The molecule has 1 rings (SSSR count). The third-order valence-electron chi connectivity index (χ3n) is 3.30. The highest BCUT2D eigenvalue weighted by molar-refractivity contribution is 5.78. The Morgan fingerprint density at radius 1 is 1.24 bits per heavy atom. The molecule has 0 radical (unpaired) electrons. The van der Waals surface area contributed by atoms with Gasteiger partial charge in [-0.2, -0.15) is 0 Å². The lowest BCUT2D eigenvalue weighted by Gasteiger charge is -2.26. The minimum absolute atomic E-state index is 0.0822. The van der Waals surface area contributed by atoms with Crippen LogP contribution in [0.4, 0.5) is 4.39 Å². The molecule has 0 aromatic heterocycles. The van der Waals surface area contributed by atoms with E-state index in [2.05, 4.69) is 6.58 Å². The summed E-state index contributed by atoms with van der Waals surface area (Å²) in [4.78, 5) is 16.1. The van der Waals surface area contributed by atoms with Crippen LogP contribution in [0.1, 0.15) is 26.3 Å². The molecule has 0 N–H and O–H groups in total. The van der Waals surface area contributed by atoms with E-state index in [-0.39, 0.29) is 11.7 Å². The summed E-state index contributed by atoms with van der Waals surface area (Å²) in [7, 11) is 0. The van der Waals surface area contributed by atoms with Gasteiger partial charge in [0.2, 0.25) is 5.91 Å². The smallest absolute Gasteiger partial charge is 0.237 e. The number of amides is 1. The zero-order valence-electron chi connectivity index (χ0n) is 13.2. The third-order valence-corrected chi connectivity index (χ3v) is 3.30. The van der Waals surface area contributed by atoms with Crippen molar-refractivity contribution in [2.45, 2.75) is 27.3 Å². The number of benzene rings is 1. The fraction of sp³-hybridized carbons (Fsp3) is 0.471. The van der Waals surface area contributed by atoms with Crippen molar-refractivity contribution in [3.05, 3.63) is 47.8 Å². The van der Waals surface area contributed by atoms with Crippen LogP contribution in [-0.2, 0) is 11.3 Å². The highest BCUT2D eigenvalue weighted by Crippen LogP contribution is 2.08. The Bertz CT molecular complexity index is 487. The van der Waals surface area contributed by atoms with Crippen molar-refractivity contribution in [1.82, 2.24) is 9.80 Å². The first-order valence-corrected chi connectivity index (χ1v) is 7.35. The maximum Gasteiger partial charge on any atom is 0.237 e. The SMILES string of the molecule is C=C(C)CN(CC)C(=O)CN(CC)Cc1cccc(F)c1. The van der Waals surface area contributed by atoms with Crippen LogP contribution in [0.15, 0.2) is 36.4 Å². The summed E-state index contributed by atoms with van der Waals surface area (Å²) >= 11 is 0. The predicted molar refractivity (Wildman–Crippen MR) is 84.4 cm³/mol. The molecular formula is C17H25FN2O. The largest absolute Gasteiger partial charge is 0.338 e. The first kappa shape index (κ1) is 17.4. The van der Waals surface area contributed by atoms with Crippen LogP contribution in [0, 0.1) is 5.82 Å². The second kappa shape index (κ2) is 8.57. The Morgan fingerprint density at radius 3 is 2.48 bits per heavy atom. The average molecular weight is 292 g/mol. The van der Waals surface area contributed by atoms with Gasteiger partial charge in [-0.3, -0.25) is 9.69 Å². The van der Waals surface area contributed by atoms with E-state index in [9.17, 15) is 9.18 Å². The summed E-state index contributed by atoms with van der Waals surface area (Å²) in [6, 6.07) is 6.51. The Balaban J connectivity index is 2.64. The monoisotopic (exact) mass is 292 g/mol. The first-order valence-electron chi connectivity index (χ1n) is 7.35. The normalized spacial score (nSPS) is 10.7. The molecule has 1 aromatic carbocycles. The third kappa shape index (κ3) is 6.08. The quantitative estimate of drug-likeness (QED) is 0.688. The summed E-state index contributed by atoms with van der Waals surface area (Å²) in [5, 5.41) is 0. The topological polar surface area (TPSA) is 23.6 Å². The molecule has 3 nitrogen and oxygen atoms in total. The van der Waals surface area contributed by atoms with E-state index in [0.29, 0.717) is 26.2 Å². The van der Waals surface area contributed by atoms with Crippen LogP contribution in [0.5, 0.6) is 0 Å². The van der Waals surface area contributed by atoms with Crippen LogP contribution in [0.25, 0.3) is 0 Å². The molecule has 0 saturated heterocycles. The number of carbonyl (C=O) groups excluding carboxylic acids is 1. The molecular weight excluding hydrogens is 267 g/mol. The lowest BCUT2D eigenvalue weighted by molar-refractivity contribution is -0.131. The molecule has 0 saturated carbocycles. The van der Waals surface area contributed by atoms with Crippen molar-refractivity contribution in [3.63, 3.8) is 0 Å². The molecule has 0 heterocycles. The van der Waals surface area contributed by atoms with Gasteiger partial charge in [0.25, 0.3) is 0 Å². The molecule has 0 atom stereocenters. The first-order chi connectivity index (χ1) is 9.96. The maximum absolute atomic E-state index is 13.2. The fourth-order valence-electron chi connectivity index (χ4n) is 2.17. The average Bonchev–Trinajstić information content (AvgIpc) is 2.43. The molecule has 0 aliphatic heterocycles. The van der Waals surface area contributed by atoms with Crippen LogP contribution in [-0.4, -0.2) is 41.9 Å². The molecule has 116 valence electrons. The van der Waals surface area contributed by atoms with Gasteiger partial charge in [0.15, 0.2) is 0 Å². The highest BCUT2D eigenvalue weighted by Gasteiger charge is 2.15. The van der Waals surface area contributed by atoms with Crippen molar-refractivity contribution in [2.24, 2.45) is 0 Å². The van der Waals surface area contributed by atoms with Crippen LogP contribution in [0.2, 0.25) is 0 Å². The number of rotatable bonds is 8. The molecule has 0 fully saturated rings. The van der Waals surface area contributed by atoms with Crippen molar-refractivity contribution in [2.75, 3.05) is 26.2 Å². The van der Waals surface area contributed by atoms with Crippen molar-refractivity contribution < 1.29 is 9.18 Å². The van der Waals surface area contributed by atoms with Gasteiger partial charge >= 0.3 is 0 Å². The second-order valence-electron chi connectivity index (χ2n) is 5.30. The number of halogens is 1. The van der Waals surface area contributed by atoms with Crippen molar-refractivity contribution in [1.29, 1.82) is 0 Å². The fourth-order valence-corrected chi connectivity index (χ4v) is 2.17. The maximum atomic E-state index is 13.2. The van der Waals surface area contributed by atoms with Gasteiger partial charge in [-0.1, -0.05) is 31.2 Å². The molecule has 0 spiro atoms. The number of hydrogen-bond donors (Lipinski definition) is 0. The lowest BCUT2D eigenvalue weighted by Crippen LogP contribution is -2.40. The number of carbonyl (C=O) groups is 1. The van der Waals surface area contributed by atoms with Crippen molar-refractivity contribution >= 4 is 5.91 Å². The van der Waals surface area contributed by atoms with Gasteiger partial charge in [-0.15, -0.1) is 0 Å². The molecule has 21 heavy (non-hydrogen) atoms. The van der Waals surface area contributed by atoms with E-state index in [4.69, 9.17) is 0 Å². The molecule has 0 bridgehead atoms. The van der Waals surface area contributed by atoms with E-state index < -0.39 is 0 Å². The van der Waals surface area contributed by atoms with Gasteiger partial charge in [-0.05, 0) is 38.1 Å². The molecule has 0 unspecified atom stereocenters. The molecule has 4 heteroatoms. The Kier molecular flexibility index (Phi) is 7.09. The van der Waals surface area contributed by atoms with Gasteiger partial charge in [-0.25, -0.2) is 4.39 Å². The summed E-state index contributed by atoms with van der Waals surface area (Å²) in [6.07, 6.45) is 0. The molecule has 1 aromatic rings. The van der Waals surface area contributed by atoms with E-state index in [0.717, 1.165) is 17.7 Å². The number of hydrogen-bond acceptors (Lipinski definition) is 2. The highest BCUT2D eigenvalue weighted by atomic mass is 19.1. The second-order valence-corrected chi connectivity index (χ2v) is 5.30. The van der Waals surface area contributed by atoms with E-state index in [1.807, 2.05) is 31.7 Å². The van der Waals surface area contributed by atoms with Gasteiger partial charge in [0, 0.05) is 19.6 Å². The molecule has 0 aliphatic carbocycles. The Hall–Kier alpha value is -1.68. The standard InChI is InChI=1S/C17H25FN2O/c1-5-19(12-15-8-7-9-16(18)10-15)13-17(21)20(6-2)11-14(3)4/h7-10H,3,5-6,11-13H2,1-2,4H3. The minimum Gasteiger partial charge on any atom is -0.338 e. The lowest BCUT2D eigenvalue weighted by atomic mass is 10.2. The Labute approximate surface area is 127 Å². The number of nitrogens with zero attached hydrogens (tertiary/aromatic N) is 2. The summed E-state index contributed by atoms with van der Waals surface area (Å²) < 4.78 is 13.2. The van der Waals surface area contributed by atoms with E-state index in [1.165, 1.54) is 12.1 Å². The van der Waals surface area contributed by atoms with Crippen LogP contribution < -0.4 is 0 Å². The summed E-state index contributed by atoms with van der Waals surface area (Å²) in [5.74, 6) is -0.161. The zero-order valence-corrected chi connectivity index (χ0v) is 13.2. The Morgan fingerprint density at radius 2 is 1.95 bits per heavy atom. The van der Waals surface area contributed by atoms with Crippen LogP contribution >= 0.6 is 0 Å². The van der Waals surface area contributed by atoms with Gasteiger partial charge in [0.05, 0.1) is 6.54 Å².